The Labute approximate surface area is 259 Å². The SMILES string of the molecule is O=C(O)CCC(=O)NCc1ccccc1-c1ccc(C2OC(Cn3cnc(Cl)c3Cl)CC(c3ccc(CO)cc3)O2)cc1. The van der Waals surface area contributed by atoms with Gasteiger partial charge in [-0.25, -0.2) is 4.98 Å². The van der Waals surface area contributed by atoms with Gasteiger partial charge in [-0.2, -0.15) is 0 Å². The van der Waals surface area contributed by atoms with Gasteiger partial charge in [-0.15, -0.1) is 0 Å². The fraction of sp³-hybridized carbons (Fsp3) is 0.281. The number of hydrogen-bond donors (Lipinski definition) is 3. The number of rotatable bonds is 11. The van der Waals surface area contributed by atoms with Crippen molar-refractivity contribution in [2.45, 2.75) is 57.5 Å². The Kier molecular flexibility index (Phi) is 10.1. The maximum Gasteiger partial charge on any atom is 0.303 e. The highest BCUT2D eigenvalue weighted by molar-refractivity contribution is 6.40. The first-order chi connectivity index (χ1) is 20.8. The van der Waals surface area contributed by atoms with Crippen molar-refractivity contribution in [2.75, 3.05) is 0 Å². The summed E-state index contributed by atoms with van der Waals surface area (Å²) in [7, 11) is 0. The van der Waals surface area contributed by atoms with Crippen molar-refractivity contribution in [2.24, 2.45) is 0 Å². The first kappa shape index (κ1) is 30.7. The van der Waals surface area contributed by atoms with E-state index in [1.807, 2.05) is 72.8 Å². The summed E-state index contributed by atoms with van der Waals surface area (Å²) in [5.74, 6) is -1.32. The summed E-state index contributed by atoms with van der Waals surface area (Å²) in [6.45, 7) is 0.685. The van der Waals surface area contributed by atoms with Crippen LogP contribution < -0.4 is 5.32 Å². The number of carbonyl (C=O) groups is 2. The largest absolute Gasteiger partial charge is 0.481 e. The Bertz CT molecular complexity index is 1560. The van der Waals surface area contributed by atoms with Crippen molar-refractivity contribution in [1.82, 2.24) is 14.9 Å². The van der Waals surface area contributed by atoms with E-state index in [4.69, 9.17) is 37.8 Å². The lowest BCUT2D eigenvalue weighted by molar-refractivity contribution is -0.252. The van der Waals surface area contributed by atoms with Gasteiger partial charge < -0.3 is 29.6 Å². The Morgan fingerprint density at radius 1 is 0.953 bits per heavy atom. The molecule has 0 aliphatic carbocycles. The molecule has 3 atom stereocenters. The van der Waals surface area contributed by atoms with Crippen molar-refractivity contribution in [3.8, 4) is 11.1 Å². The van der Waals surface area contributed by atoms with Crippen LogP contribution in [0.5, 0.6) is 0 Å². The molecule has 3 N–H and O–H groups in total. The third kappa shape index (κ3) is 7.81. The van der Waals surface area contributed by atoms with Crippen LogP contribution in [0, 0.1) is 0 Å². The zero-order chi connectivity index (χ0) is 30.3. The average molecular weight is 625 g/mol. The number of benzene rings is 3. The second-order valence-corrected chi connectivity index (χ2v) is 11.0. The topological polar surface area (TPSA) is 123 Å². The first-order valence-corrected chi connectivity index (χ1v) is 14.6. The van der Waals surface area contributed by atoms with Gasteiger partial charge in [-0.1, -0.05) is 96.0 Å². The Morgan fingerprint density at radius 2 is 1.67 bits per heavy atom. The summed E-state index contributed by atoms with van der Waals surface area (Å²) in [6.07, 6.45) is 0.709. The van der Waals surface area contributed by atoms with Crippen LogP contribution in [0.4, 0.5) is 0 Å². The molecule has 43 heavy (non-hydrogen) atoms. The highest BCUT2D eigenvalue weighted by Gasteiger charge is 2.33. The monoisotopic (exact) mass is 623 g/mol. The van der Waals surface area contributed by atoms with Crippen molar-refractivity contribution in [3.05, 3.63) is 112 Å². The number of ether oxygens (including phenoxy) is 2. The van der Waals surface area contributed by atoms with Crippen LogP contribution in [0.15, 0.2) is 79.1 Å². The second kappa shape index (κ2) is 14.2. The lowest BCUT2D eigenvalue weighted by atomic mass is 9.97. The van der Waals surface area contributed by atoms with Crippen LogP contribution in [0.25, 0.3) is 11.1 Å². The number of halogens is 2. The van der Waals surface area contributed by atoms with Crippen LogP contribution >= 0.6 is 23.2 Å². The molecule has 9 nitrogen and oxygen atoms in total. The van der Waals surface area contributed by atoms with E-state index < -0.39 is 12.3 Å². The van der Waals surface area contributed by atoms with Crippen molar-refractivity contribution >= 4 is 35.1 Å². The Morgan fingerprint density at radius 3 is 2.35 bits per heavy atom. The van der Waals surface area contributed by atoms with Gasteiger partial charge in [-0.3, -0.25) is 9.59 Å². The van der Waals surface area contributed by atoms with Crippen molar-refractivity contribution in [3.63, 3.8) is 0 Å². The van der Waals surface area contributed by atoms with Gasteiger partial charge in [0.2, 0.25) is 5.91 Å². The zero-order valence-corrected chi connectivity index (χ0v) is 24.7. The molecule has 0 spiro atoms. The number of imidazole rings is 1. The predicted octanol–water partition coefficient (Wildman–Crippen LogP) is 6.08. The standard InChI is InChI=1S/C32H31Cl2N3O6/c33-30-31(34)37(19-36-30)17-25-15-27(22-7-5-20(18-38)6-8-22)43-32(42-25)23-11-9-21(10-12-23)26-4-2-1-3-24(26)16-35-28(39)13-14-29(40)41/h1-12,19,25,27,32,38H,13-18H2,(H,35,39)(H,40,41). The first-order valence-electron chi connectivity index (χ1n) is 13.8. The summed E-state index contributed by atoms with van der Waals surface area (Å²) in [6, 6.07) is 23.3. The van der Waals surface area contributed by atoms with Crippen LogP contribution in [0.2, 0.25) is 10.3 Å². The van der Waals surface area contributed by atoms with E-state index in [0.29, 0.717) is 18.1 Å². The molecule has 2 heterocycles. The van der Waals surface area contributed by atoms with E-state index in [-0.39, 0.29) is 49.3 Å². The molecule has 0 radical (unpaired) electrons. The molecular weight excluding hydrogens is 593 g/mol. The van der Waals surface area contributed by atoms with Crippen LogP contribution in [-0.2, 0) is 38.8 Å². The number of aromatic nitrogens is 2. The number of aliphatic hydroxyl groups is 1. The normalized spacial score (nSPS) is 18.3. The Balaban J connectivity index is 1.34. The highest BCUT2D eigenvalue weighted by Crippen LogP contribution is 2.39. The number of amides is 1. The van der Waals surface area contributed by atoms with E-state index in [1.54, 1.807) is 10.9 Å². The fourth-order valence-corrected chi connectivity index (χ4v) is 5.31. The molecule has 1 fully saturated rings. The van der Waals surface area contributed by atoms with E-state index >= 15 is 0 Å². The summed E-state index contributed by atoms with van der Waals surface area (Å²) in [5.41, 5.74) is 5.43. The van der Waals surface area contributed by atoms with Crippen molar-refractivity contribution in [1.29, 1.82) is 0 Å². The smallest absolute Gasteiger partial charge is 0.303 e. The molecule has 0 saturated carbocycles. The molecule has 3 aromatic carbocycles. The number of nitrogens with zero attached hydrogens (tertiary/aromatic N) is 2. The molecule has 1 aliphatic rings. The van der Waals surface area contributed by atoms with E-state index in [0.717, 1.165) is 33.4 Å². The lowest BCUT2D eigenvalue weighted by Gasteiger charge is -2.36. The molecule has 1 aliphatic heterocycles. The third-order valence-corrected chi connectivity index (χ3v) is 8.07. The van der Waals surface area contributed by atoms with Gasteiger partial charge >= 0.3 is 5.97 Å². The number of carboxylic acid groups (broad SMARTS) is 1. The molecule has 4 aromatic rings. The van der Waals surface area contributed by atoms with Crippen LogP contribution in [0.3, 0.4) is 0 Å². The van der Waals surface area contributed by atoms with Crippen LogP contribution in [0.1, 0.15) is 53.9 Å². The Hall–Kier alpha value is -3.73. The lowest BCUT2D eigenvalue weighted by Crippen LogP contribution is -2.32. The molecule has 1 aromatic heterocycles. The minimum atomic E-state index is -1.01. The maximum absolute atomic E-state index is 12.1. The average Bonchev–Trinajstić information content (AvgIpc) is 3.35. The van der Waals surface area contributed by atoms with Gasteiger partial charge in [-0.05, 0) is 27.8 Å². The molecule has 1 amide bonds. The number of aliphatic hydroxyl groups excluding tert-OH is 1. The molecule has 3 unspecified atom stereocenters. The number of carboxylic acids is 1. The van der Waals surface area contributed by atoms with Crippen LogP contribution in [-0.4, -0.2) is 37.7 Å². The summed E-state index contributed by atoms with van der Waals surface area (Å²) < 4.78 is 14.6. The molecule has 11 heteroatoms. The minimum Gasteiger partial charge on any atom is -0.481 e. The predicted molar refractivity (Wildman–Crippen MR) is 161 cm³/mol. The van der Waals surface area contributed by atoms with Gasteiger partial charge in [0.1, 0.15) is 5.15 Å². The number of carbonyl (C=O) groups excluding carboxylic acids is 1. The molecular formula is C32H31Cl2N3O6. The highest BCUT2D eigenvalue weighted by atomic mass is 35.5. The molecule has 1 saturated heterocycles. The van der Waals surface area contributed by atoms with Gasteiger partial charge in [0, 0.05) is 24.9 Å². The number of aliphatic carboxylic acids is 1. The molecule has 224 valence electrons. The number of nitrogens with one attached hydrogen (secondary N) is 1. The van der Waals surface area contributed by atoms with Gasteiger partial charge in [0.15, 0.2) is 11.4 Å². The molecule has 5 rings (SSSR count). The van der Waals surface area contributed by atoms with Crippen molar-refractivity contribution < 1.29 is 29.3 Å². The summed E-state index contributed by atoms with van der Waals surface area (Å²) >= 11 is 12.4. The zero-order valence-electron chi connectivity index (χ0n) is 23.2. The third-order valence-electron chi connectivity index (χ3n) is 7.30. The van der Waals surface area contributed by atoms with Gasteiger partial charge in [0.05, 0.1) is 38.1 Å². The number of hydrogen-bond acceptors (Lipinski definition) is 6. The summed E-state index contributed by atoms with van der Waals surface area (Å²) in [4.78, 5) is 26.9. The molecule has 0 bridgehead atoms. The van der Waals surface area contributed by atoms with E-state index in [9.17, 15) is 14.7 Å². The summed E-state index contributed by atoms with van der Waals surface area (Å²) in [5, 5.41) is 21.7. The minimum absolute atomic E-state index is 0.0351. The second-order valence-electron chi connectivity index (χ2n) is 10.3. The quantitative estimate of drug-likeness (QED) is 0.185. The maximum atomic E-state index is 12.1. The van der Waals surface area contributed by atoms with Gasteiger partial charge in [0.25, 0.3) is 0 Å². The van der Waals surface area contributed by atoms with E-state index in [2.05, 4.69) is 10.3 Å². The fourth-order valence-electron chi connectivity index (χ4n) is 5.00. The van der Waals surface area contributed by atoms with E-state index in [1.165, 1.54) is 0 Å².